The van der Waals surface area contributed by atoms with Crippen LogP contribution in [-0.2, 0) is 0 Å². The van der Waals surface area contributed by atoms with Gasteiger partial charge in [-0.2, -0.15) is 0 Å². The highest BCUT2D eigenvalue weighted by molar-refractivity contribution is 5.99. The summed E-state index contributed by atoms with van der Waals surface area (Å²) in [6, 6.07) is 3.72. The van der Waals surface area contributed by atoms with E-state index in [4.69, 9.17) is 5.73 Å². The van der Waals surface area contributed by atoms with Crippen molar-refractivity contribution in [3.63, 3.8) is 0 Å². The van der Waals surface area contributed by atoms with E-state index in [1.165, 1.54) is 17.0 Å². The van der Waals surface area contributed by atoms with Gasteiger partial charge in [0.1, 0.15) is 11.4 Å². The maximum atomic E-state index is 13.1. The van der Waals surface area contributed by atoms with E-state index < -0.39 is 11.4 Å². The number of hydrogen-bond acceptors (Lipinski definition) is 3. The van der Waals surface area contributed by atoms with Crippen LogP contribution < -0.4 is 5.73 Å². The summed E-state index contributed by atoms with van der Waals surface area (Å²) in [5.41, 5.74) is 5.23. The van der Waals surface area contributed by atoms with Crippen molar-refractivity contribution >= 4 is 11.6 Å². The maximum Gasteiger partial charge on any atom is 0.256 e. The van der Waals surface area contributed by atoms with Gasteiger partial charge in [-0.3, -0.25) is 4.79 Å². The lowest BCUT2D eigenvalue weighted by Gasteiger charge is -2.49. The van der Waals surface area contributed by atoms with Crippen LogP contribution in [0, 0.1) is 11.7 Å². The second kappa shape index (κ2) is 4.24. The Balaban J connectivity index is 2.13. The molecule has 0 aromatic heterocycles. The van der Waals surface area contributed by atoms with Crippen molar-refractivity contribution in [3.05, 3.63) is 29.6 Å². The molecule has 1 amide bonds. The molecule has 5 heteroatoms. The molecule has 18 heavy (non-hydrogen) atoms. The lowest BCUT2D eigenvalue weighted by atomic mass is 9.82. The van der Waals surface area contributed by atoms with Gasteiger partial charge in [0.25, 0.3) is 5.91 Å². The Morgan fingerprint density at radius 2 is 2.11 bits per heavy atom. The molecule has 1 aliphatic rings. The molecule has 0 saturated carbocycles. The van der Waals surface area contributed by atoms with Crippen molar-refractivity contribution < 1.29 is 14.3 Å². The average Bonchev–Trinajstić information content (AvgIpc) is 2.27. The van der Waals surface area contributed by atoms with Crippen molar-refractivity contribution in [1.29, 1.82) is 0 Å². The molecule has 0 bridgehead atoms. The van der Waals surface area contributed by atoms with Crippen LogP contribution in [0.2, 0.25) is 0 Å². The van der Waals surface area contributed by atoms with E-state index in [-0.39, 0.29) is 36.2 Å². The number of benzene rings is 1. The minimum atomic E-state index is -0.836. The van der Waals surface area contributed by atoms with Crippen LogP contribution in [0.1, 0.15) is 24.2 Å². The number of aliphatic hydroxyl groups is 1. The summed E-state index contributed by atoms with van der Waals surface area (Å²) in [5, 5.41) is 10.1. The van der Waals surface area contributed by atoms with E-state index in [1.54, 1.807) is 0 Å². The van der Waals surface area contributed by atoms with Gasteiger partial charge in [0, 0.05) is 5.69 Å². The molecule has 3 N–H and O–H groups in total. The van der Waals surface area contributed by atoms with Gasteiger partial charge < -0.3 is 15.7 Å². The Bertz CT molecular complexity index is 482. The summed E-state index contributed by atoms with van der Waals surface area (Å²) in [7, 11) is 0. The quantitative estimate of drug-likeness (QED) is 0.778. The zero-order valence-electron chi connectivity index (χ0n) is 10.5. The van der Waals surface area contributed by atoms with E-state index in [2.05, 4.69) is 0 Å². The third kappa shape index (κ3) is 2.06. The van der Waals surface area contributed by atoms with E-state index >= 15 is 0 Å². The molecular weight excluding hydrogens is 235 g/mol. The van der Waals surface area contributed by atoms with Gasteiger partial charge in [-0.15, -0.1) is 0 Å². The van der Waals surface area contributed by atoms with Gasteiger partial charge in [0.2, 0.25) is 0 Å². The molecule has 1 saturated heterocycles. The van der Waals surface area contributed by atoms with Crippen molar-refractivity contribution in [2.75, 3.05) is 18.8 Å². The first-order valence-electron chi connectivity index (χ1n) is 5.90. The molecule has 0 radical (unpaired) electrons. The van der Waals surface area contributed by atoms with Crippen LogP contribution in [0.4, 0.5) is 10.1 Å². The molecule has 4 nitrogen and oxygen atoms in total. The number of rotatable bonds is 2. The molecule has 1 aromatic carbocycles. The molecule has 0 aliphatic carbocycles. The SMILES string of the molecule is CC(C)C1(O)CN(C(=O)c2cc(F)ccc2N)C1. The second-order valence-corrected chi connectivity index (χ2v) is 5.15. The Hall–Kier alpha value is -1.62. The molecule has 2 rings (SSSR count). The highest BCUT2D eigenvalue weighted by Crippen LogP contribution is 2.30. The molecule has 1 fully saturated rings. The van der Waals surface area contributed by atoms with Crippen LogP contribution in [0.5, 0.6) is 0 Å². The first-order chi connectivity index (χ1) is 8.33. The minimum Gasteiger partial charge on any atom is -0.398 e. The number of halogens is 1. The summed E-state index contributed by atoms with van der Waals surface area (Å²) >= 11 is 0. The number of carbonyl (C=O) groups excluding carboxylic acids is 1. The van der Waals surface area contributed by atoms with E-state index in [1.807, 2.05) is 13.8 Å². The Morgan fingerprint density at radius 1 is 1.50 bits per heavy atom. The Kier molecular flexibility index (Phi) is 3.02. The number of hydrogen-bond donors (Lipinski definition) is 2. The molecule has 1 aromatic rings. The zero-order chi connectivity index (χ0) is 13.5. The van der Waals surface area contributed by atoms with Crippen LogP contribution in [-0.4, -0.2) is 34.6 Å². The molecule has 1 aliphatic heterocycles. The number of nitrogens with zero attached hydrogens (tertiary/aromatic N) is 1. The standard InChI is InChI=1S/C13H17FN2O2/c1-8(2)13(18)6-16(7-13)12(17)10-5-9(14)3-4-11(10)15/h3-5,8,18H,6-7,15H2,1-2H3. The van der Waals surface area contributed by atoms with E-state index in [0.29, 0.717) is 0 Å². The molecule has 0 unspecified atom stereocenters. The van der Waals surface area contributed by atoms with Crippen molar-refractivity contribution in [2.24, 2.45) is 5.92 Å². The van der Waals surface area contributed by atoms with Gasteiger partial charge in [-0.25, -0.2) is 4.39 Å². The van der Waals surface area contributed by atoms with Gasteiger partial charge in [0.15, 0.2) is 0 Å². The summed E-state index contributed by atoms with van der Waals surface area (Å²) in [6.45, 7) is 4.33. The fourth-order valence-electron chi connectivity index (χ4n) is 2.01. The predicted octanol–water partition coefficient (Wildman–Crippen LogP) is 1.25. The average molecular weight is 252 g/mol. The fourth-order valence-corrected chi connectivity index (χ4v) is 2.01. The molecular formula is C13H17FN2O2. The number of nitrogens with two attached hydrogens (primary N) is 1. The van der Waals surface area contributed by atoms with Crippen molar-refractivity contribution in [3.8, 4) is 0 Å². The topological polar surface area (TPSA) is 66.6 Å². The Labute approximate surface area is 105 Å². The summed E-state index contributed by atoms with van der Waals surface area (Å²) in [5.74, 6) is -0.754. The number of likely N-dealkylation sites (tertiary alicyclic amines) is 1. The highest BCUT2D eigenvalue weighted by Gasteiger charge is 2.46. The number of carbonyl (C=O) groups is 1. The number of nitrogen functional groups attached to an aromatic ring is 1. The lowest BCUT2D eigenvalue weighted by molar-refractivity contribution is -0.110. The lowest BCUT2D eigenvalue weighted by Crippen LogP contribution is -2.66. The van der Waals surface area contributed by atoms with Gasteiger partial charge in [-0.05, 0) is 24.1 Å². The second-order valence-electron chi connectivity index (χ2n) is 5.15. The van der Waals surface area contributed by atoms with Gasteiger partial charge >= 0.3 is 0 Å². The number of anilines is 1. The summed E-state index contributed by atoms with van der Waals surface area (Å²) < 4.78 is 13.1. The van der Waals surface area contributed by atoms with E-state index in [0.717, 1.165) is 6.07 Å². The van der Waals surface area contributed by atoms with E-state index in [9.17, 15) is 14.3 Å². The molecule has 98 valence electrons. The first kappa shape index (κ1) is 12.8. The number of amides is 1. The summed E-state index contributed by atoms with van der Waals surface area (Å²) in [4.78, 5) is 13.6. The first-order valence-corrected chi connectivity index (χ1v) is 5.90. The van der Waals surface area contributed by atoms with Crippen LogP contribution in [0.15, 0.2) is 18.2 Å². The predicted molar refractivity (Wildman–Crippen MR) is 66.5 cm³/mol. The monoisotopic (exact) mass is 252 g/mol. The van der Waals surface area contributed by atoms with Gasteiger partial charge in [0.05, 0.1) is 18.7 Å². The van der Waals surface area contributed by atoms with Gasteiger partial charge in [-0.1, -0.05) is 13.8 Å². The normalized spacial score (nSPS) is 17.7. The molecule has 0 spiro atoms. The fraction of sp³-hybridized carbons (Fsp3) is 0.462. The zero-order valence-corrected chi connectivity index (χ0v) is 10.5. The van der Waals surface area contributed by atoms with Crippen molar-refractivity contribution in [2.45, 2.75) is 19.4 Å². The van der Waals surface area contributed by atoms with Crippen molar-refractivity contribution in [1.82, 2.24) is 4.90 Å². The molecule has 1 heterocycles. The van der Waals surface area contributed by atoms with Crippen LogP contribution >= 0.6 is 0 Å². The summed E-state index contributed by atoms with van der Waals surface area (Å²) in [6.07, 6.45) is 0. The smallest absolute Gasteiger partial charge is 0.256 e. The maximum absolute atomic E-state index is 13.1. The highest BCUT2D eigenvalue weighted by atomic mass is 19.1. The largest absolute Gasteiger partial charge is 0.398 e. The van der Waals surface area contributed by atoms with Crippen LogP contribution in [0.25, 0.3) is 0 Å². The van der Waals surface area contributed by atoms with Crippen LogP contribution in [0.3, 0.4) is 0 Å². The third-order valence-electron chi connectivity index (χ3n) is 3.54. The third-order valence-corrected chi connectivity index (χ3v) is 3.54. The molecule has 0 atom stereocenters. The minimum absolute atomic E-state index is 0.0754. The Morgan fingerprint density at radius 3 is 2.67 bits per heavy atom. The number of β-amino-alcohol motifs (C(OH)–C–C–N with tert-alkyl or cyclic N) is 1.